The molecule has 3 rings (SSSR count). The van der Waals surface area contributed by atoms with E-state index in [1.807, 2.05) is 6.07 Å². The van der Waals surface area contributed by atoms with E-state index in [9.17, 15) is 9.32 Å². The number of aromatic nitrogens is 1. The van der Waals surface area contributed by atoms with E-state index >= 15 is 0 Å². The van der Waals surface area contributed by atoms with Crippen LogP contribution in [0, 0.1) is 11.3 Å². The van der Waals surface area contributed by atoms with Crippen molar-refractivity contribution in [3.63, 3.8) is 0 Å². The SMILES string of the molecule is N#Cc1cc(C2(O)CC3CCC(C2)S3=O)ccn1. The van der Waals surface area contributed by atoms with Gasteiger partial charge in [0.15, 0.2) is 0 Å². The quantitative estimate of drug-likeness (QED) is 0.825. The van der Waals surface area contributed by atoms with Crippen LogP contribution in [-0.4, -0.2) is 24.8 Å². The van der Waals surface area contributed by atoms with Gasteiger partial charge in [-0.25, -0.2) is 4.98 Å². The lowest BCUT2D eigenvalue weighted by atomic mass is 9.86. The maximum absolute atomic E-state index is 12.0. The molecule has 18 heavy (non-hydrogen) atoms. The Morgan fingerprint density at radius 2 is 2.11 bits per heavy atom. The summed E-state index contributed by atoms with van der Waals surface area (Å²) < 4.78 is 12.0. The molecule has 2 fully saturated rings. The molecule has 2 aliphatic heterocycles. The first-order valence-electron chi connectivity index (χ1n) is 6.11. The van der Waals surface area contributed by atoms with Crippen LogP contribution in [0.15, 0.2) is 18.3 Å². The predicted molar refractivity (Wildman–Crippen MR) is 67.0 cm³/mol. The molecule has 2 saturated heterocycles. The lowest BCUT2D eigenvalue weighted by Crippen LogP contribution is -2.40. The van der Waals surface area contributed by atoms with Crippen LogP contribution in [0.2, 0.25) is 0 Å². The van der Waals surface area contributed by atoms with Gasteiger partial charge in [-0.3, -0.25) is 4.21 Å². The maximum atomic E-state index is 12.0. The van der Waals surface area contributed by atoms with Gasteiger partial charge in [-0.1, -0.05) is 0 Å². The zero-order chi connectivity index (χ0) is 12.8. The largest absolute Gasteiger partial charge is 0.385 e. The van der Waals surface area contributed by atoms with Crippen molar-refractivity contribution in [3.8, 4) is 6.07 Å². The van der Waals surface area contributed by atoms with Gasteiger partial charge in [0.1, 0.15) is 11.8 Å². The molecule has 2 bridgehead atoms. The van der Waals surface area contributed by atoms with Gasteiger partial charge >= 0.3 is 0 Å². The van der Waals surface area contributed by atoms with Crippen LogP contribution in [0.25, 0.3) is 0 Å². The van der Waals surface area contributed by atoms with Gasteiger partial charge in [-0.2, -0.15) is 5.26 Å². The van der Waals surface area contributed by atoms with E-state index in [-0.39, 0.29) is 10.5 Å². The molecule has 1 N–H and O–H groups in total. The van der Waals surface area contributed by atoms with Gasteiger partial charge < -0.3 is 5.11 Å². The number of hydrogen-bond acceptors (Lipinski definition) is 4. The zero-order valence-electron chi connectivity index (χ0n) is 9.87. The standard InChI is InChI=1S/C13H14N2O2S/c14-8-10-5-9(3-4-15-10)13(16)6-11-1-2-12(7-13)18(11)17/h3-5,11-12,16H,1-2,6-7H2. The normalized spacial score (nSPS) is 38.3. The van der Waals surface area contributed by atoms with Gasteiger partial charge in [0.25, 0.3) is 0 Å². The van der Waals surface area contributed by atoms with Crippen molar-refractivity contribution in [1.29, 1.82) is 5.26 Å². The van der Waals surface area contributed by atoms with Crippen molar-refractivity contribution in [2.24, 2.45) is 0 Å². The first kappa shape index (κ1) is 11.8. The van der Waals surface area contributed by atoms with E-state index in [4.69, 9.17) is 5.26 Å². The highest BCUT2D eigenvalue weighted by atomic mass is 32.2. The van der Waals surface area contributed by atoms with Crippen LogP contribution in [0.1, 0.15) is 36.9 Å². The van der Waals surface area contributed by atoms with E-state index in [1.54, 1.807) is 18.3 Å². The van der Waals surface area contributed by atoms with Crippen molar-refractivity contribution in [3.05, 3.63) is 29.6 Å². The Hall–Kier alpha value is -1.25. The first-order valence-corrected chi connectivity index (χ1v) is 7.38. The number of aliphatic hydroxyl groups is 1. The number of nitriles is 1. The van der Waals surface area contributed by atoms with Crippen LogP contribution >= 0.6 is 0 Å². The summed E-state index contributed by atoms with van der Waals surface area (Å²) in [6.45, 7) is 0. The number of fused-ring (bicyclic) bond motifs is 2. The summed E-state index contributed by atoms with van der Waals surface area (Å²) in [5, 5.41) is 19.9. The molecule has 0 amide bonds. The molecule has 0 radical (unpaired) electrons. The summed E-state index contributed by atoms with van der Waals surface area (Å²) >= 11 is 0. The van der Waals surface area contributed by atoms with Crippen molar-refractivity contribution in [2.75, 3.05) is 0 Å². The van der Waals surface area contributed by atoms with E-state index in [0.29, 0.717) is 18.5 Å². The lowest BCUT2D eigenvalue weighted by molar-refractivity contribution is 0.0183. The van der Waals surface area contributed by atoms with E-state index in [2.05, 4.69) is 4.98 Å². The van der Waals surface area contributed by atoms with Gasteiger partial charge in [-0.15, -0.1) is 0 Å². The minimum atomic E-state index is -0.936. The molecule has 0 aromatic carbocycles. The molecule has 3 heterocycles. The second-order valence-electron chi connectivity index (χ2n) is 5.13. The summed E-state index contributed by atoms with van der Waals surface area (Å²) in [5.74, 6) is 0. The van der Waals surface area contributed by atoms with Gasteiger partial charge in [0.2, 0.25) is 0 Å². The number of pyridine rings is 1. The molecule has 1 aromatic rings. The molecule has 0 aliphatic carbocycles. The number of nitrogens with zero attached hydrogens (tertiary/aromatic N) is 2. The van der Waals surface area contributed by atoms with E-state index in [1.165, 1.54) is 0 Å². The molecule has 0 saturated carbocycles. The molecule has 1 aromatic heterocycles. The highest BCUT2D eigenvalue weighted by Crippen LogP contribution is 2.45. The fourth-order valence-corrected chi connectivity index (χ4v) is 5.26. The molecule has 2 atom stereocenters. The summed E-state index contributed by atoms with van der Waals surface area (Å²) in [7, 11) is -0.787. The van der Waals surface area contributed by atoms with Gasteiger partial charge in [0.05, 0.1) is 5.60 Å². The molecule has 4 nitrogen and oxygen atoms in total. The smallest absolute Gasteiger partial charge is 0.140 e. The van der Waals surface area contributed by atoms with Crippen LogP contribution in [0.5, 0.6) is 0 Å². The average Bonchev–Trinajstić information content (AvgIpc) is 2.63. The van der Waals surface area contributed by atoms with Crippen LogP contribution in [-0.2, 0) is 16.4 Å². The van der Waals surface area contributed by atoms with Gasteiger partial charge in [0, 0.05) is 27.5 Å². The monoisotopic (exact) mass is 262 g/mol. The van der Waals surface area contributed by atoms with E-state index in [0.717, 1.165) is 18.4 Å². The van der Waals surface area contributed by atoms with Crippen LogP contribution < -0.4 is 0 Å². The maximum Gasteiger partial charge on any atom is 0.140 e. The molecule has 2 unspecified atom stereocenters. The second kappa shape index (κ2) is 4.15. The highest BCUT2D eigenvalue weighted by Gasteiger charge is 2.48. The third-order valence-corrected chi connectivity index (χ3v) is 6.13. The fraction of sp³-hybridized carbons (Fsp3) is 0.538. The number of hydrogen-bond donors (Lipinski definition) is 1. The van der Waals surface area contributed by atoms with Crippen molar-refractivity contribution >= 4 is 10.8 Å². The van der Waals surface area contributed by atoms with Crippen molar-refractivity contribution in [2.45, 2.75) is 41.8 Å². The average molecular weight is 262 g/mol. The lowest BCUT2D eigenvalue weighted by Gasteiger charge is -2.36. The minimum Gasteiger partial charge on any atom is -0.385 e. The summed E-state index contributed by atoms with van der Waals surface area (Å²) in [6, 6.07) is 5.39. The van der Waals surface area contributed by atoms with Crippen LogP contribution in [0.4, 0.5) is 0 Å². The minimum absolute atomic E-state index is 0.104. The predicted octanol–water partition coefficient (Wildman–Crippen LogP) is 1.21. The molecular formula is C13H14N2O2S. The molecular weight excluding hydrogens is 248 g/mol. The van der Waals surface area contributed by atoms with Crippen molar-refractivity contribution < 1.29 is 9.32 Å². The highest BCUT2D eigenvalue weighted by molar-refractivity contribution is 7.86. The summed E-state index contributed by atoms with van der Waals surface area (Å²) in [4.78, 5) is 3.92. The second-order valence-corrected chi connectivity index (χ2v) is 7.12. The Balaban J connectivity index is 1.96. The van der Waals surface area contributed by atoms with Crippen molar-refractivity contribution in [1.82, 2.24) is 4.98 Å². The Kier molecular flexibility index (Phi) is 2.72. The Morgan fingerprint density at radius 1 is 1.44 bits per heavy atom. The molecule has 5 heteroatoms. The third kappa shape index (κ3) is 1.76. The third-order valence-electron chi connectivity index (χ3n) is 4.01. The Labute approximate surface area is 108 Å². The Morgan fingerprint density at radius 3 is 2.72 bits per heavy atom. The fourth-order valence-electron chi connectivity index (χ4n) is 3.10. The Bertz CT molecular complexity index is 536. The zero-order valence-corrected chi connectivity index (χ0v) is 10.7. The first-order chi connectivity index (χ1) is 8.62. The number of rotatable bonds is 1. The summed E-state index contributed by atoms with van der Waals surface area (Å²) in [6.07, 6.45) is 4.50. The topological polar surface area (TPSA) is 74.0 Å². The van der Waals surface area contributed by atoms with Gasteiger partial charge in [-0.05, 0) is 43.4 Å². The molecule has 0 spiro atoms. The molecule has 94 valence electrons. The van der Waals surface area contributed by atoms with Crippen LogP contribution in [0.3, 0.4) is 0 Å². The molecule has 2 aliphatic rings. The summed E-state index contributed by atoms with van der Waals surface area (Å²) in [5.41, 5.74) is 0.122. The van der Waals surface area contributed by atoms with E-state index < -0.39 is 16.4 Å².